The van der Waals surface area contributed by atoms with E-state index in [9.17, 15) is 0 Å². The Bertz CT molecular complexity index is 179. The van der Waals surface area contributed by atoms with Crippen molar-refractivity contribution in [3.8, 4) is 0 Å². The van der Waals surface area contributed by atoms with Gasteiger partial charge in [0.05, 0.1) is 0 Å². The number of nitrogens with zero attached hydrogens (tertiary/aromatic N) is 2. The molecule has 0 spiro atoms. The number of hydrogen-bond acceptors (Lipinski definition) is 3. The van der Waals surface area contributed by atoms with Crippen LogP contribution < -0.4 is 0 Å². The van der Waals surface area contributed by atoms with Crippen LogP contribution in [0.5, 0.6) is 0 Å². The lowest BCUT2D eigenvalue weighted by atomic mass is 9.85. The van der Waals surface area contributed by atoms with E-state index in [-0.39, 0.29) is 0 Å². The molecule has 0 aliphatic heterocycles. The van der Waals surface area contributed by atoms with Crippen molar-refractivity contribution in [2.24, 2.45) is 0 Å². The molecule has 9 heavy (non-hydrogen) atoms. The lowest BCUT2D eigenvalue weighted by Gasteiger charge is -2.20. The van der Waals surface area contributed by atoms with Crippen LogP contribution in [0.1, 0.15) is 31.0 Å². The fraction of sp³-hybridized carbons (Fsp3) is 0.667. The second-order valence-electron chi connectivity index (χ2n) is 2.37. The molecule has 0 bridgehead atoms. The molecule has 1 aromatic rings. The zero-order valence-corrected chi connectivity index (χ0v) is 5.00. The van der Waals surface area contributed by atoms with Crippen molar-refractivity contribution in [2.45, 2.75) is 25.2 Å². The van der Waals surface area contributed by atoms with Crippen LogP contribution in [0.4, 0.5) is 0 Å². The van der Waals surface area contributed by atoms with E-state index in [1.165, 1.54) is 19.3 Å². The largest absolute Gasteiger partial charge is 0.329 e. The average Bonchev–Trinajstić information content (AvgIpc) is 2.11. The van der Waals surface area contributed by atoms with Gasteiger partial charge in [0.1, 0.15) is 0 Å². The summed E-state index contributed by atoms with van der Waals surface area (Å²) in [5.41, 5.74) is 0. The van der Waals surface area contributed by atoms with Gasteiger partial charge in [-0.3, -0.25) is 0 Å². The van der Waals surface area contributed by atoms with Gasteiger partial charge >= 0.3 is 6.39 Å². The highest BCUT2D eigenvalue weighted by atomic mass is 16.5. The van der Waals surface area contributed by atoms with Crippen LogP contribution in [0.2, 0.25) is 0 Å². The van der Waals surface area contributed by atoms with Crippen LogP contribution in [0.3, 0.4) is 0 Å². The fourth-order valence-electron chi connectivity index (χ4n) is 0.987. The Hall–Kier alpha value is -0.860. The summed E-state index contributed by atoms with van der Waals surface area (Å²) in [5, 5.41) is 3.70. The third-order valence-corrected chi connectivity index (χ3v) is 1.81. The van der Waals surface area contributed by atoms with Crippen LogP contribution in [0, 0.1) is 6.39 Å². The monoisotopic (exact) mass is 123 g/mol. The van der Waals surface area contributed by atoms with Crippen molar-refractivity contribution in [1.29, 1.82) is 0 Å². The lowest BCUT2D eigenvalue weighted by Crippen LogP contribution is -2.09. The van der Waals surface area contributed by atoms with Gasteiger partial charge in [-0.05, 0) is 12.8 Å². The zero-order valence-electron chi connectivity index (χ0n) is 5.00. The molecule has 0 atom stereocenters. The Kier molecular flexibility index (Phi) is 1.01. The average molecular weight is 123 g/mol. The summed E-state index contributed by atoms with van der Waals surface area (Å²) in [6.07, 6.45) is 6.08. The van der Waals surface area contributed by atoms with E-state index in [1.54, 1.807) is 0 Å². The normalized spacial score (nSPS) is 19.6. The van der Waals surface area contributed by atoms with Crippen molar-refractivity contribution in [3.63, 3.8) is 0 Å². The van der Waals surface area contributed by atoms with Crippen molar-refractivity contribution in [1.82, 2.24) is 10.1 Å². The summed E-state index contributed by atoms with van der Waals surface area (Å²) in [6.45, 7) is 0. The predicted molar refractivity (Wildman–Crippen MR) is 29.7 cm³/mol. The van der Waals surface area contributed by atoms with Gasteiger partial charge in [0.2, 0.25) is 0 Å². The molecule has 3 heteroatoms. The molecule has 47 valence electrons. The first-order valence-electron chi connectivity index (χ1n) is 3.16. The summed E-state index contributed by atoms with van der Waals surface area (Å²) < 4.78 is 4.49. The molecule has 0 N–H and O–H groups in total. The third-order valence-electron chi connectivity index (χ3n) is 1.81. The molecule has 2 rings (SSSR count). The smallest absolute Gasteiger partial charge is 0.316 e. The van der Waals surface area contributed by atoms with E-state index in [0.717, 1.165) is 5.82 Å². The Morgan fingerprint density at radius 2 is 2.44 bits per heavy atom. The highest BCUT2D eigenvalue weighted by Crippen LogP contribution is 2.33. The van der Waals surface area contributed by atoms with E-state index in [2.05, 4.69) is 21.1 Å². The van der Waals surface area contributed by atoms with E-state index in [0.29, 0.717) is 5.92 Å². The van der Waals surface area contributed by atoms with Gasteiger partial charge in [-0.25, -0.2) is 0 Å². The Morgan fingerprint density at radius 3 is 2.89 bits per heavy atom. The molecule has 1 saturated carbocycles. The topological polar surface area (TPSA) is 38.9 Å². The highest BCUT2D eigenvalue weighted by Gasteiger charge is 2.22. The molecule has 1 fully saturated rings. The molecule has 0 amide bonds. The second kappa shape index (κ2) is 1.83. The maximum Gasteiger partial charge on any atom is 0.316 e. The van der Waals surface area contributed by atoms with Gasteiger partial charge in [0.15, 0.2) is 5.82 Å². The first-order chi connectivity index (χ1) is 4.47. The van der Waals surface area contributed by atoms with Gasteiger partial charge < -0.3 is 4.52 Å². The first kappa shape index (κ1) is 4.97. The zero-order chi connectivity index (χ0) is 6.10. The molecule has 0 unspecified atom stereocenters. The quantitative estimate of drug-likeness (QED) is 0.562. The molecule has 1 aliphatic rings. The van der Waals surface area contributed by atoms with Gasteiger partial charge in [-0.2, -0.15) is 4.98 Å². The van der Waals surface area contributed by atoms with Crippen molar-refractivity contribution in [3.05, 3.63) is 12.2 Å². The summed E-state index contributed by atoms with van der Waals surface area (Å²) >= 11 is 0. The van der Waals surface area contributed by atoms with Gasteiger partial charge in [-0.15, -0.1) is 0 Å². The molecule has 3 nitrogen and oxygen atoms in total. The maximum atomic E-state index is 4.49. The van der Waals surface area contributed by atoms with Crippen molar-refractivity contribution < 1.29 is 4.52 Å². The minimum absolute atomic E-state index is 0.569. The van der Waals surface area contributed by atoms with Gasteiger partial charge in [0, 0.05) is 5.92 Å². The van der Waals surface area contributed by atoms with Crippen LogP contribution in [0.25, 0.3) is 0 Å². The number of rotatable bonds is 1. The Labute approximate surface area is 53.1 Å². The molecule has 1 radical (unpaired) electrons. The van der Waals surface area contributed by atoms with Crippen molar-refractivity contribution in [2.75, 3.05) is 0 Å². The summed E-state index contributed by atoms with van der Waals surface area (Å²) in [6, 6.07) is 0. The van der Waals surface area contributed by atoms with Gasteiger partial charge in [0.25, 0.3) is 0 Å². The number of aromatic nitrogens is 2. The summed E-state index contributed by atoms with van der Waals surface area (Å²) in [7, 11) is 0. The Balaban J connectivity index is 2.14. The lowest BCUT2D eigenvalue weighted by molar-refractivity contribution is 0.360. The number of hydrogen-bond donors (Lipinski definition) is 0. The van der Waals surface area contributed by atoms with Crippen LogP contribution in [-0.2, 0) is 0 Å². The van der Waals surface area contributed by atoms with E-state index < -0.39 is 0 Å². The second-order valence-corrected chi connectivity index (χ2v) is 2.37. The molecule has 1 aromatic heterocycles. The molecule has 0 aromatic carbocycles. The molecule has 1 aliphatic carbocycles. The molecule has 0 saturated heterocycles. The standard InChI is InChI=1S/C6H7N2O/c1-2-5(3-1)6-7-4-9-8-6/h5H,1-3H2. The SMILES string of the molecule is [c]1nc(C2CCC2)no1. The first-order valence-corrected chi connectivity index (χ1v) is 3.16. The minimum Gasteiger partial charge on any atom is -0.329 e. The van der Waals surface area contributed by atoms with Crippen LogP contribution in [0.15, 0.2) is 4.52 Å². The predicted octanol–water partition coefficient (Wildman–Crippen LogP) is 1.14. The van der Waals surface area contributed by atoms with Gasteiger partial charge in [-0.1, -0.05) is 11.6 Å². The molecule has 1 heterocycles. The minimum atomic E-state index is 0.569. The van der Waals surface area contributed by atoms with E-state index in [4.69, 9.17) is 0 Å². The summed E-state index contributed by atoms with van der Waals surface area (Å²) in [5.74, 6) is 1.40. The fourth-order valence-corrected chi connectivity index (χ4v) is 0.987. The van der Waals surface area contributed by atoms with Crippen LogP contribution >= 0.6 is 0 Å². The maximum absolute atomic E-state index is 4.49. The van der Waals surface area contributed by atoms with E-state index >= 15 is 0 Å². The van der Waals surface area contributed by atoms with Crippen LogP contribution in [-0.4, -0.2) is 10.1 Å². The van der Waals surface area contributed by atoms with E-state index in [1.807, 2.05) is 0 Å². The third kappa shape index (κ3) is 0.724. The Morgan fingerprint density at radius 1 is 1.56 bits per heavy atom. The van der Waals surface area contributed by atoms with Crippen molar-refractivity contribution >= 4 is 0 Å². The summed E-state index contributed by atoms with van der Waals surface area (Å²) in [4.78, 5) is 3.84. The molecular weight excluding hydrogens is 116 g/mol. The highest BCUT2D eigenvalue weighted by molar-refractivity contribution is 4.96. The molecular formula is C6H7N2O.